The molecule has 0 aromatic heterocycles. The lowest BCUT2D eigenvalue weighted by Gasteiger charge is -2.17. The predicted octanol–water partition coefficient (Wildman–Crippen LogP) is 4.77. The molecule has 2 amide bonds. The number of hydrogen-bond acceptors (Lipinski definition) is 2. The van der Waals surface area contributed by atoms with E-state index in [1.54, 1.807) is 0 Å². The van der Waals surface area contributed by atoms with Crippen LogP contribution in [0.5, 0.6) is 0 Å². The largest absolute Gasteiger partial charge is 0.377 e. The van der Waals surface area contributed by atoms with Crippen LogP contribution in [0.25, 0.3) is 0 Å². The van der Waals surface area contributed by atoms with E-state index in [2.05, 4.69) is 26.6 Å². The van der Waals surface area contributed by atoms with Crippen LogP contribution in [0.3, 0.4) is 0 Å². The van der Waals surface area contributed by atoms with Gasteiger partial charge in [-0.3, -0.25) is 0 Å². The second-order valence-electron chi connectivity index (χ2n) is 4.60. The predicted molar refractivity (Wildman–Crippen MR) is 90.8 cm³/mol. The molecule has 4 nitrogen and oxygen atoms in total. The molecule has 2 aromatic carbocycles. The number of hydrogen-bond donors (Lipinski definition) is 3. The fraction of sp³-hybridized carbons (Fsp3) is 0.133. The highest BCUT2D eigenvalue weighted by Gasteiger charge is 2.08. The van der Waals surface area contributed by atoms with Gasteiger partial charge in [0, 0.05) is 16.2 Å². The summed E-state index contributed by atoms with van der Waals surface area (Å²) in [6, 6.07) is 12.7. The molecular formula is C15H15BrClN3O. The number of primary amides is 1. The Morgan fingerprint density at radius 3 is 2.48 bits per heavy atom. The Hall–Kier alpha value is -1.72. The molecule has 110 valence electrons. The van der Waals surface area contributed by atoms with Crippen molar-refractivity contribution >= 4 is 44.9 Å². The Balaban J connectivity index is 2.09. The minimum absolute atomic E-state index is 0.0753. The van der Waals surface area contributed by atoms with E-state index < -0.39 is 6.03 Å². The number of nitrogens with two attached hydrogens (primary N) is 1. The number of carbonyl (C=O) groups excluding carboxylic acids is 1. The minimum Gasteiger partial charge on any atom is -0.377 e. The summed E-state index contributed by atoms with van der Waals surface area (Å²) in [7, 11) is 0. The zero-order valence-electron chi connectivity index (χ0n) is 11.4. The monoisotopic (exact) mass is 367 g/mol. The van der Waals surface area contributed by atoms with Crippen molar-refractivity contribution < 1.29 is 4.79 Å². The molecule has 6 heteroatoms. The Labute approximate surface area is 136 Å². The number of benzene rings is 2. The summed E-state index contributed by atoms with van der Waals surface area (Å²) in [5, 5.41) is 6.53. The molecule has 0 spiro atoms. The number of urea groups is 1. The first-order chi connectivity index (χ1) is 9.95. The first-order valence-electron chi connectivity index (χ1n) is 6.33. The average Bonchev–Trinajstić information content (AvgIpc) is 2.42. The Bertz CT molecular complexity index is 646. The fourth-order valence-corrected chi connectivity index (χ4v) is 2.65. The van der Waals surface area contributed by atoms with Crippen molar-refractivity contribution in [2.24, 2.45) is 5.73 Å². The molecule has 0 aliphatic heterocycles. The van der Waals surface area contributed by atoms with E-state index in [1.165, 1.54) is 0 Å². The van der Waals surface area contributed by atoms with Gasteiger partial charge in [0.05, 0.1) is 10.7 Å². The van der Waals surface area contributed by atoms with Crippen LogP contribution in [-0.4, -0.2) is 6.03 Å². The van der Waals surface area contributed by atoms with Gasteiger partial charge in [0.25, 0.3) is 0 Å². The van der Waals surface area contributed by atoms with Gasteiger partial charge in [-0.15, -0.1) is 0 Å². The molecule has 0 aliphatic carbocycles. The number of halogens is 2. The van der Waals surface area contributed by atoms with Crippen LogP contribution in [0.15, 0.2) is 46.9 Å². The zero-order chi connectivity index (χ0) is 15.4. The van der Waals surface area contributed by atoms with Crippen molar-refractivity contribution in [3.8, 4) is 0 Å². The summed E-state index contributed by atoms with van der Waals surface area (Å²) < 4.78 is 0.938. The van der Waals surface area contributed by atoms with Gasteiger partial charge in [0.15, 0.2) is 0 Å². The SMILES string of the molecule is CC(Nc1ccc(Br)cc1Cl)c1ccc(NC(N)=O)cc1. The lowest BCUT2D eigenvalue weighted by Crippen LogP contribution is -2.19. The highest BCUT2D eigenvalue weighted by molar-refractivity contribution is 9.10. The van der Waals surface area contributed by atoms with Gasteiger partial charge in [0.1, 0.15) is 0 Å². The molecule has 0 fully saturated rings. The van der Waals surface area contributed by atoms with Crippen molar-refractivity contribution in [2.75, 3.05) is 10.6 Å². The van der Waals surface area contributed by atoms with E-state index in [4.69, 9.17) is 17.3 Å². The molecule has 0 aliphatic rings. The number of anilines is 2. The molecule has 21 heavy (non-hydrogen) atoms. The number of amides is 2. The van der Waals surface area contributed by atoms with Crippen LogP contribution in [0.4, 0.5) is 16.2 Å². The average molecular weight is 369 g/mol. The second kappa shape index (κ2) is 6.83. The molecule has 0 saturated heterocycles. The molecular weight excluding hydrogens is 354 g/mol. The molecule has 0 heterocycles. The zero-order valence-corrected chi connectivity index (χ0v) is 13.7. The van der Waals surface area contributed by atoms with Crippen LogP contribution in [-0.2, 0) is 0 Å². The summed E-state index contributed by atoms with van der Waals surface area (Å²) in [5.74, 6) is 0. The van der Waals surface area contributed by atoms with Crippen LogP contribution >= 0.6 is 27.5 Å². The number of nitrogens with one attached hydrogen (secondary N) is 2. The van der Waals surface area contributed by atoms with E-state index in [-0.39, 0.29) is 6.04 Å². The highest BCUT2D eigenvalue weighted by Crippen LogP contribution is 2.29. The molecule has 1 unspecified atom stereocenters. The topological polar surface area (TPSA) is 67.2 Å². The maximum atomic E-state index is 10.8. The maximum Gasteiger partial charge on any atom is 0.316 e. The van der Waals surface area contributed by atoms with E-state index in [0.29, 0.717) is 10.7 Å². The van der Waals surface area contributed by atoms with Gasteiger partial charge in [-0.05, 0) is 42.8 Å². The van der Waals surface area contributed by atoms with Crippen LogP contribution in [0, 0.1) is 0 Å². The quantitative estimate of drug-likeness (QED) is 0.728. The minimum atomic E-state index is -0.574. The molecule has 1 atom stereocenters. The lowest BCUT2D eigenvalue weighted by atomic mass is 10.1. The lowest BCUT2D eigenvalue weighted by molar-refractivity contribution is 0.259. The van der Waals surface area contributed by atoms with E-state index in [0.717, 1.165) is 15.7 Å². The van der Waals surface area contributed by atoms with E-state index in [1.807, 2.05) is 49.4 Å². The molecule has 0 radical (unpaired) electrons. The van der Waals surface area contributed by atoms with Crippen molar-refractivity contribution in [3.63, 3.8) is 0 Å². The molecule has 0 saturated carbocycles. The third kappa shape index (κ3) is 4.37. The Morgan fingerprint density at radius 2 is 1.90 bits per heavy atom. The van der Waals surface area contributed by atoms with Gasteiger partial charge in [-0.2, -0.15) is 0 Å². The summed E-state index contributed by atoms with van der Waals surface area (Å²) in [6.45, 7) is 2.04. The van der Waals surface area contributed by atoms with Crippen LogP contribution in [0.2, 0.25) is 5.02 Å². The van der Waals surface area contributed by atoms with Gasteiger partial charge >= 0.3 is 6.03 Å². The maximum absolute atomic E-state index is 10.8. The van der Waals surface area contributed by atoms with Gasteiger partial charge in [0.2, 0.25) is 0 Å². The Morgan fingerprint density at radius 1 is 1.24 bits per heavy atom. The number of carbonyl (C=O) groups is 1. The second-order valence-corrected chi connectivity index (χ2v) is 5.92. The molecule has 4 N–H and O–H groups in total. The van der Waals surface area contributed by atoms with Gasteiger partial charge < -0.3 is 16.4 Å². The van der Waals surface area contributed by atoms with E-state index >= 15 is 0 Å². The van der Waals surface area contributed by atoms with Gasteiger partial charge in [-0.25, -0.2) is 4.79 Å². The fourth-order valence-electron chi connectivity index (χ4n) is 1.92. The highest BCUT2D eigenvalue weighted by atomic mass is 79.9. The third-order valence-corrected chi connectivity index (χ3v) is 3.79. The standard InChI is InChI=1S/C15H15BrClN3O/c1-9(19-14-7-4-11(16)8-13(14)17)10-2-5-12(6-3-10)20-15(18)21/h2-9,19H,1H3,(H3,18,20,21). The van der Waals surface area contributed by atoms with Crippen molar-refractivity contribution in [3.05, 3.63) is 57.5 Å². The molecule has 2 aromatic rings. The third-order valence-electron chi connectivity index (χ3n) is 2.98. The number of rotatable bonds is 4. The first-order valence-corrected chi connectivity index (χ1v) is 7.51. The van der Waals surface area contributed by atoms with Crippen LogP contribution in [0.1, 0.15) is 18.5 Å². The Kier molecular flexibility index (Phi) is 5.09. The van der Waals surface area contributed by atoms with Crippen LogP contribution < -0.4 is 16.4 Å². The molecule has 2 rings (SSSR count). The van der Waals surface area contributed by atoms with Crippen molar-refractivity contribution in [1.29, 1.82) is 0 Å². The van der Waals surface area contributed by atoms with Crippen molar-refractivity contribution in [1.82, 2.24) is 0 Å². The first kappa shape index (κ1) is 15.7. The summed E-state index contributed by atoms with van der Waals surface area (Å²) in [4.78, 5) is 10.8. The summed E-state index contributed by atoms with van der Waals surface area (Å²) in [6.07, 6.45) is 0. The van der Waals surface area contributed by atoms with Gasteiger partial charge in [-0.1, -0.05) is 39.7 Å². The summed E-state index contributed by atoms with van der Waals surface area (Å²) in [5.41, 5.74) is 7.68. The van der Waals surface area contributed by atoms with E-state index in [9.17, 15) is 4.79 Å². The van der Waals surface area contributed by atoms with Crippen molar-refractivity contribution in [2.45, 2.75) is 13.0 Å². The normalized spacial score (nSPS) is 11.8. The smallest absolute Gasteiger partial charge is 0.316 e. The molecule has 0 bridgehead atoms. The summed E-state index contributed by atoms with van der Waals surface area (Å²) >= 11 is 9.57.